The second-order valence-corrected chi connectivity index (χ2v) is 6.40. The summed E-state index contributed by atoms with van der Waals surface area (Å²) in [5.41, 5.74) is 5.42. The van der Waals surface area contributed by atoms with Crippen LogP contribution in [-0.2, 0) is 12.1 Å². The molecule has 3 rings (SSSR count). The van der Waals surface area contributed by atoms with Gasteiger partial charge in [0.1, 0.15) is 17.4 Å². The molecular weight excluding hydrogens is 338 g/mol. The molecule has 1 heterocycles. The SMILES string of the molecule is CCn1c(-c2ccc(N)cc2F)nnc1C(C)(C)Oc1ccc(F)cc1. The molecule has 0 amide bonds. The molecule has 26 heavy (non-hydrogen) atoms. The Morgan fingerprint density at radius 1 is 1.08 bits per heavy atom. The molecule has 0 aliphatic rings. The molecule has 0 spiro atoms. The first-order valence-corrected chi connectivity index (χ1v) is 8.25. The van der Waals surface area contributed by atoms with E-state index in [1.54, 1.807) is 28.8 Å². The van der Waals surface area contributed by atoms with E-state index < -0.39 is 11.4 Å². The molecule has 7 heteroatoms. The Balaban J connectivity index is 2.00. The van der Waals surface area contributed by atoms with E-state index in [-0.39, 0.29) is 5.82 Å². The zero-order valence-electron chi connectivity index (χ0n) is 14.8. The zero-order valence-corrected chi connectivity index (χ0v) is 14.8. The molecule has 5 nitrogen and oxygen atoms in total. The number of rotatable bonds is 5. The number of hydrogen-bond donors (Lipinski definition) is 1. The minimum absolute atomic E-state index is 0.317. The van der Waals surface area contributed by atoms with E-state index in [9.17, 15) is 8.78 Å². The molecule has 0 saturated heterocycles. The van der Waals surface area contributed by atoms with Gasteiger partial charge in [0, 0.05) is 12.2 Å². The van der Waals surface area contributed by atoms with Gasteiger partial charge in [-0.05, 0) is 63.2 Å². The number of aromatic nitrogens is 3. The Morgan fingerprint density at radius 3 is 2.38 bits per heavy atom. The number of anilines is 1. The van der Waals surface area contributed by atoms with E-state index in [0.29, 0.717) is 35.2 Å². The quantitative estimate of drug-likeness (QED) is 0.696. The Hall–Kier alpha value is -2.96. The fourth-order valence-corrected chi connectivity index (χ4v) is 2.80. The van der Waals surface area contributed by atoms with Crippen LogP contribution in [0.4, 0.5) is 14.5 Å². The summed E-state index contributed by atoms with van der Waals surface area (Å²) in [6.45, 7) is 6.10. The van der Waals surface area contributed by atoms with Crippen LogP contribution in [0.25, 0.3) is 11.4 Å². The van der Waals surface area contributed by atoms with Crippen LogP contribution in [0.3, 0.4) is 0 Å². The first kappa shape index (κ1) is 17.8. The molecular formula is C19H20F2N4O. The summed E-state index contributed by atoms with van der Waals surface area (Å²) in [5.74, 6) is 0.637. The molecule has 0 radical (unpaired) electrons. The van der Waals surface area contributed by atoms with Gasteiger partial charge in [0.05, 0.1) is 5.56 Å². The van der Waals surface area contributed by atoms with E-state index in [1.807, 2.05) is 20.8 Å². The normalized spacial score (nSPS) is 11.6. The fourth-order valence-electron chi connectivity index (χ4n) is 2.80. The van der Waals surface area contributed by atoms with Gasteiger partial charge in [-0.1, -0.05) is 0 Å². The van der Waals surface area contributed by atoms with Gasteiger partial charge in [-0.3, -0.25) is 0 Å². The number of nitrogens with two attached hydrogens (primary N) is 1. The molecule has 2 aromatic carbocycles. The van der Waals surface area contributed by atoms with Gasteiger partial charge in [0.2, 0.25) is 0 Å². The molecule has 136 valence electrons. The second kappa shape index (κ2) is 6.74. The van der Waals surface area contributed by atoms with Crippen LogP contribution < -0.4 is 10.5 Å². The third-order valence-corrected chi connectivity index (χ3v) is 4.03. The van der Waals surface area contributed by atoms with Crippen molar-refractivity contribution in [1.82, 2.24) is 14.8 Å². The van der Waals surface area contributed by atoms with E-state index in [2.05, 4.69) is 10.2 Å². The smallest absolute Gasteiger partial charge is 0.177 e. The van der Waals surface area contributed by atoms with Crippen molar-refractivity contribution in [3.63, 3.8) is 0 Å². The number of nitrogens with zero attached hydrogens (tertiary/aromatic N) is 3. The Labute approximate surface area is 150 Å². The predicted octanol–water partition coefficient (Wildman–Crippen LogP) is 4.14. The molecule has 0 unspecified atom stereocenters. The third kappa shape index (κ3) is 3.37. The first-order chi connectivity index (χ1) is 12.3. The molecule has 0 saturated carbocycles. The summed E-state index contributed by atoms with van der Waals surface area (Å²) in [4.78, 5) is 0. The lowest BCUT2D eigenvalue weighted by Crippen LogP contribution is -2.29. The van der Waals surface area contributed by atoms with Gasteiger partial charge < -0.3 is 15.0 Å². The van der Waals surface area contributed by atoms with Crippen molar-refractivity contribution in [1.29, 1.82) is 0 Å². The van der Waals surface area contributed by atoms with Crippen molar-refractivity contribution in [3.8, 4) is 17.1 Å². The van der Waals surface area contributed by atoms with Gasteiger partial charge in [-0.2, -0.15) is 0 Å². The molecule has 1 aromatic heterocycles. The highest BCUT2D eigenvalue weighted by atomic mass is 19.1. The Kier molecular flexibility index (Phi) is 4.63. The van der Waals surface area contributed by atoms with E-state index in [0.717, 1.165) is 0 Å². The monoisotopic (exact) mass is 358 g/mol. The number of halogens is 2. The van der Waals surface area contributed by atoms with Crippen molar-refractivity contribution in [2.24, 2.45) is 0 Å². The van der Waals surface area contributed by atoms with Gasteiger partial charge in [-0.15, -0.1) is 10.2 Å². The minimum Gasteiger partial charge on any atom is -0.480 e. The fraction of sp³-hybridized carbons (Fsp3) is 0.263. The molecule has 3 aromatic rings. The summed E-state index contributed by atoms with van der Waals surface area (Å²) < 4.78 is 35.2. The lowest BCUT2D eigenvalue weighted by atomic mass is 10.1. The van der Waals surface area contributed by atoms with Crippen LogP contribution in [0.15, 0.2) is 42.5 Å². The third-order valence-electron chi connectivity index (χ3n) is 4.03. The maximum atomic E-state index is 14.3. The average molecular weight is 358 g/mol. The summed E-state index contributed by atoms with van der Waals surface area (Å²) in [6, 6.07) is 10.2. The highest BCUT2D eigenvalue weighted by Gasteiger charge is 2.31. The average Bonchev–Trinajstić information content (AvgIpc) is 3.01. The Bertz CT molecular complexity index is 920. The second-order valence-electron chi connectivity index (χ2n) is 6.40. The Morgan fingerprint density at radius 2 is 1.77 bits per heavy atom. The standard InChI is InChI=1S/C19H20F2N4O/c1-4-25-17(15-10-7-13(22)11-16(15)21)23-24-18(25)19(2,3)26-14-8-5-12(20)6-9-14/h5-11H,4,22H2,1-3H3. The first-order valence-electron chi connectivity index (χ1n) is 8.25. The van der Waals surface area contributed by atoms with Crippen LogP contribution in [0.2, 0.25) is 0 Å². The molecule has 0 aliphatic carbocycles. The summed E-state index contributed by atoms with van der Waals surface area (Å²) in [7, 11) is 0. The van der Waals surface area contributed by atoms with Crippen molar-refractivity contribution in [2.75, 3.05) is 5.73 Å². The van der Waals surface area contributed by atoms with Gasteiger partial charge in [0.25, 0.3) is 0 Å². The van der Waals surface area contributed by atoms with Crippen molar-refractivity contribution in [2.45, 2.75) is 32.9 Å². The highest BCUT2D eigenvalue weighted by molar-refractivity contribution is 5.60. The molecule has 0 bridgehead atoms. The van der Waals surface area contributed by atoms with Gasteiger partial charge in [-0.25, -0.2) is 8.78 Å². The van der Waals surface area contributed by atoms with Crippen LogP contribution in [0.5, 0.6) is 5.75 Å². The molecule has 0 atom stereocenters. The summed E-state index contributed by atoms with van der Waals surface area (Å²) in [6.07, 6.45) is 0. The van der Waals surface area contributed by atoms with Crippen molar-refractivity contribution in [3.05, 3.63) is 59.9 Å². The number of nitrogen functional groups attached to an aromatic ring is 1. The number of ether oxygens (including phenoxy) is 1. The zero-order chi connectivity index (χ0) is 18.9. The van der Waals surface area contributed by atoms with Crippen LogP contribution in [0.1, 0.15) is 26.6 Å². The van der Waals surface area contributed by atoms with Crippen molar-refractivity contribution >= 4 is 5.69 Å². The van der Waals surface area contributed by atoms with Gasteiger partial charge >= 0.3 is 0 Å². The van der Waals surface area contributed by atoms with Crippen molar-refractivity contribution < 1.29 is 13.5 Å². The molecule has 0 fully saturated rings. The van der Waals surface area contributed by atoms with Crippen LogP contribution in [-0.4, -0.2) is 14.8 Å². The van der Waals surface area contributed by atoms with Gasteiger partial charge in [0.15, 0.2) is 17.2 Å². The van der Waals surface area contributed by atoms with Crippen LogP contribution in [0, 0.1) is 11.6 Å². The van der Waals surface area contributed by atoms with E-state index >= 15 is 0 Å². The highest BCUT2D eigenvalue weighted by Crippen LogP contribution is 2.30. The largest absolute Gasteiger partial charge is 0.480 e. The lowest BCUT2D eigenvalue weighted by Gasteiger charge is -2.26. The minimum atomic E-state index is -0.858. The maximum absolute atomic E-state index is 14.3. The molecule has 0 aliphatic heterocycles. The summed E-state index contributed by atoms with van der Waals surface area (Å²) in [5, 5.41) is 8.39. The van der Waals surface area contributed by atoms with E-state index in [1.165, 1.54) is 18.2 Å². The molecule has 2 N–H and O–H groups in total. The van der Waals surface area contributed by atoms with E-state index in [4.69, 9.17) is 10.5 Å². The predicted molar refractivity (Wildman–Crippen MR) is 95.6 cm³/mol. The topological polar surface area (TPSA) is 66.0 Å². The maximum Gasteiger partial charge on any atom is 0.177 e. The number of benzene rings is 2. The van der Waals surface area contributed by atoms with Crippen LogP contribution >= 0.6 is 0 Å². The lowest BCUT2D eigenvalue weighted by molar-refractivity contribution is 0.0939. The number of hydrogen-bond acceptors (Lipinski definition) is 4. The summed E-state index contributed by atoms with van der Waals surface area (Å²) >= 11 is 0.